The van der Waals surface area contributed by atoms with Crippen molar-refractivity contribution >= 4 is 15.7 Å². The summed E-state index contributed by atoms with van der Waals surface area (Å²) in [7, 11) is -3.23. The summed E-state index contributed by atoms with van der Waals surface area (Å²) in [5.41, 5.74) is 1.54. The monoisotopic (exact) mass is 308 g/mol. The summed E-state index contributed by atoms with van der Waals surface area (Å²) in [4.78, 5) is 26.9. The van der Waals surface area contributed by atoms with Gasteiger partial charge in [0.05, 0.1) is 11.8 Å². The fourth-order valence-electron chi connectivity index (χ4n) is 2.76. The molecule has 1 amide bonds. The summed E-state index contributed by atoms with van der Waals surface area (Å²) < 4.78 is 22.6. The van der Waals surface area contributed by atoms with E-state index < -0.39 is 27.3 Å². The van der Waals surface area contributed by atoms with Crippen LogP contribution in [-0.4, -0.2) is 31.1 Å². The molecule has 0 saturated heterocycles. The molecule has 1 aromatic heterocycles. The van der Waals surface area contributed by atoms with Crippen LogP contribution in [0.3, 0.4) is 0 Å². The summed E-state index contributed by atoms with van der Waals surface area (Å²) in [5, 5.41) is 3.67. The number of H-pyrrole nitrogens is 1. The van der Waals surface area contributed by atoms with E-state index in [0.717, 1.165) is 42.3 Å². The largest absolute Gasteiger partial charge is 0.345 e. The van der Waals surface area contributed by atoms with Gasteiger partial charge >= 0.3 is 0 Å². The second-order valence-corrected chi connectivity index (χ2v) is 7.39. The molecular weight excluding hydrogens is 292 g/mol. The molecule has 1 aliphatic heterocycles. The van der Waals surface area contributed by atoms with Crippen LogP contribution >= 0.6 is 0 Å². The van der Waals surface area contributed by atoms with Crippen molar-refractivity contribution in [3.63, 3.8) is 0 Å². The highest BCUT2D eigenvalue weighted by Crippen LogP contribution is 2.18. The molecule has 7 heteroatoms. The average molecular weight is 308 g/mol. The van der Waals surface area contributed by atoms with Gasteiger partial charge in [0.2, 0.25) is 0 Å². The van der Waals surface area contributed by atoms with Gasteiger partial charge in [0.25, 0.3) is 11.5 Å². The number of pyridine rings is 1. The van der Waals surface area contributed by atoms with E-state index in [0.29, 0.717) is 0 Å². The number of fused-ring (bicyclic) bond motifs is 1. The van der Waals surface area contributed by atoms with E-state index in [1.54, 1.807) is 6.07 Å². The van der Waals surface area contributed by atoms with Crippen LogP contribution in [0, 0.1) is 0 Å². The third-order valence-corrected chi connectivity index (χ3v) is 5.22. The molecule has 0 spiro atoms. The molecule has 0 fully saturated rings. The number of rotatable bonds is 2. The van der Waals surface area contributed by atoms with Gasteiger partial charge in [-0.05, 0) is 43.4 Å². The smallest absolute Gasteiger partial charge is 0.261 e. The van der Waals surface area contributed by atoms with E-state index >= 15 is 0 Å². The van der Waals surface area contributed by atoms with Crippen LogP contribution in [0.4, 0.5) is 0 Å². The Morgan fingerprint density at radius 2 is 2.05 bits per heavy atom. The third kappa shape index (κ3) is 2.92. The number of sulfone groups is 1. The van der Waals surface area contributed by atoms with Gasteiger partial charge in [-0.2, -0.15) is 0 Å². The minimum atomic E-state index is -3.23. The highest BCUT2D eigenvalue weighted by atomic mass is 32.2. The Balaban J connectivity index is 1.82. The summed E-state index contributed by atoms with van der Waals surface area (Å²) in [5.74, 6) is -0.682. The first-order chi connectivity index (χ1) is 9.94. The molecular formula is C14H16N2O4S. The number of hydrogen-bond donors (Lipinski definition) is 2. The number of carbonyl (C=O) groups is 1. The van der Waals surface area contributed by atoms with Gasteiger partial charge in [-0.3, -0.25) is 9.59 Å². The molecule has 0 bridgehead atoms. The lowest BCUT2D eigenvalue weighted by molar-refractivity contribution is 0.0946. The summed E-state index contributed by atoms with van der Waals surface area (Å²) >= 11 is 0. The molecule has 1 aliphatic carbocycles. The highest BCUT2D eigenvalue weighted by molar-refractivity contribution is 7.94. The second kappa shape index (κ2) is 5.14. The zero-order chi connectivity index (χ0) is 15.0. The minimum Gasteiger partial charge on any atom is -0.345 e. The number of carbonyl (C=O) groups excluding carboxylic acids is 1. The predicted molar refractivity (Wildman–Crippen MR) is 77.9 cm³/mol. The Labute approximate surface area is 122 Å². The Kier molecular flexibility index (Phi) is 3.44. The van der Waals surface area contributed by atoms with Crippen LogP contribution in [0.25, 0.3) is 0 Å². The normalized spacial score (nSPS) is 22.8. The maximum absolute atomic E-state index is 12.2. The number of aryl methyl sites for hydroxylation is 2. The first-order valence-corrected chi connectivity index (χ1v) is 8.63. The van der Waals surface area contributed by atoms with Gasteiger partial charge in [0, 0.05) is 11.1 Å². The molecule has 1 aromatic rings. The number of nitrogens with one attached hydrogen (secondary N) is 2. The maximum atomic E-state index is 12.2. The lowest BCUT2D eigenvalue weighted by Crippen LogP contribution is -2.38. The average Bonchev–Trinajstić information content (AvgIpc) is 2.77. The van der Waals surface area contributed by atoms with Crippen molar-refractivity contribution in [2.45, 2.75) is 31.7 Å². The zero-order valence-corrected chi connectivity index (χ0v) is 12.2. The van der Waals surface area contributed by atoms with Gasteiger partial charge in [-0.15, -0.1) is 0 Å². The number of hydrogen-bond acceptors (Lipinski definition) is 4. The fraction of sp³-hybridized carbons (Fsp3) is 0.429. The van der Waals surface area contributed by atoms with E-state index in [9.17, 15) is 18.0 Å². The van der Waals surface area contributed by atoms with Crippen molar-refractivity contribution in [2.24, 2.45) is 0 Å². The molecule has 6 nitrogen and oxygen atoms in total. The quantitative estimate of drug-likeness (QED) is 0.821. The van der Waals surface area contributed by atoms with Gasteiger partial charge in [0.15, 0.2) is 9.84 Å². The Morgan fingerprint density at radius 1 is 1.29 bits per heavy atom. The number of amides is 1. The number of aromatic nitrogens is 1. The molecule has 2 N–H and O–H groups in total. The van der Waals surface area contributed by atoms with Gasteiger partial charge in [-0.1, -0.05) is 0 Å². The molecule has 2 aliphatic rings. The van der Waals surface area contributed by atoms with E-state index in [1.165, 1.54) is 6.08 Å². The molecule has 2 heterocycles. The fourth-order valence-corrected chi connectivity index (χ4v) is 3.99. The van der Waals surface area contributed by atoms with E-state index in [1.807, 2.05) is 0 Å². The standard InChI is InChI=1S/C14H16N2O4S/c17-13(15-10-5-6-21(19,20)8-10)11-7-9-3-1-2-4-12(9)16-14(11)18/h5-7,10H,1-4,8H2,(H,15,17)(H,16,18). The Bertz CT molecular complexity index is 777. The third-order valence-electron chi connectivity index (χ3n) is 3.83. The predicted octanol–water partition coefficient (Wildman–Crippen LogP) is 0.294. The van der Waals surface area contributed by atoms with Crippen molar-refractivity contribution < 1.29 is 13.2 Å². The maximum Gasteiger partial charge on any atom is 0.261 e. The Hall–Kier alpha value is -1.89. The SMILES string of the molecule is O=C(NC1C=CS(=O)(=O)C1)c1cc2c([nH]c1=O)CCCC2. The molecule has 1 atom stereocenters. The molecule has 3 rings (SSSR count). The summed E-state index contributed by atoms with van der Waals surface area (Å²) in [6, 6.07) is 1.06. The highest BCUT2D eigenvalue weighted by Gasteiger charge is 2.25. The van der Waals surface area contributed by atoms with Crippen molar-refractivity contribution in [1.29, 1.82) is 0 Å². The van der Waals surface area contributed by atoms with Crippen LogP contribution in [0.2, 0.25) is 0 Å². The molecule has 0 saturated carbocycles. The summed E-state index contributed by atoms with van der Waals surface area (Å²) in [6.45, 7) is 0. The van der Waals surface area contributed by atoms with Crippen LogP contribution < -0.4 is 10.9 Å². The molecule has 1 unspecified atom stereocenters. The van der Waals surface area contributed by atoms with Gasteiger partial charge in [0.1, 0.15) is 5.56 Å². The first kappa shape index (κ1) is 14.1. The van der Waals surface area contributed by atoms with E-state index in [4.69, 9.17) is 0 Å². The van der Waals surface area contributed by atoms with Crippen molar-refractivity contribution in [3.8, 4) is 0 Å². The topological polar surface area (TPSA) is 96.1 Å². The van der Waals surface area contributed by atoms with Crippen LogP contribution in [0.1, 0.15) is 34.5 Å². The Morgan fingerprint density at radius 3 is 2.76 bits per heavy atom. The van der Waals surface area contributed by atoms with E-state index in [-0.39, 0.29) is 11.3 Å². The lowest BCUT2D eigenvalue weighted by atomic mass is 9.95. The van der Waals surface area contributed by atoms with Crippen LogP contribution in [0.5, 0.6) is 0 Å². The van der Waals surface area contributed by atoms with Gasteiger partial charge in [-0.25, -0.2) is 8.42 Å². The lowest BCUT2D eigenvalue weighted by Gasteiger charge is -2.16. The van der Waals surface area contributed by atoms with Crippen molar-refractivity contribution in [3.05, 3.63) is 44.7 Å². The molecule has 0 radical (unpaired) electrons. The molecule has 21 heavy (non-hydrogen) atoms. The second-order valence-electron chi connectivity index (χ2n) is 5.46. The van der Waals surface area contributed by atoms with E-state index in [2.05, 4.69) is 10.3 Å². The van der Waals surface area contributed by atoms with Crippen molar-refractivity contribution in [1.82, 2.24) is 10.3 Å². The van der Waals surface area contributed by atoms with Crippen molar-refractivity contribution in [2.75, 3.05) is 5.75 Å². The number of aromatic amines is 1. The van der Waals surface area contributed by atoms with Gasteiger partial charge < -0.3 is 10.3 Å². The zero-order valence-electron chi connectivity index (χ0n) is 11.4. The minimum absolute atomic E-state index is 0.0494. The molecule has 0 aromatic carbocycles. The van der Waals surface area contributed by atoms with Crippen LogP contribution in [0.15, 0.2) is 22.3 Å². The first-order valence-electron chi connectivity index (χ1n) is 6.91. The summed E-state index contributed by atoms with van der Waals surface area (Å²) in [6.07, 6.45) is 5.20. The van der Waals surface area contributed by atoms with Crippen LogP contribution in [-0.2, 0) is 22.7 Å². The molecule has 112 valence electrons.